The van der Waals surface area contributed by atoms with Gasteiger partial charge in [0.05, 0.1) is 18.8 Å². The lowest BCUT2D eigenvalue weighted by molar-refractivity contribution is -0.360. The fourth-order valence-electron chi connectivity index (χ4n) is 8.37. The molecule has 0 aliphatic carbocycles. The molecule has 3 aliphatic heterocycles. The SMILES string of the molecule is C[C@@H]1O[C@@H](OC[C@H]2O[C@@H](Oc3c(-c4ccc(O)c(O)c4)oc4cc(O)cc(O)c4c3=O)[C@H](O[C@@H]3O[C@@H](C)[C@H](OC(=O)C=Cc4ccc(O)cc4)[C@@H](O)[C@H]3O)[C@@H](OC(=O)C=Cc3ccc(O)cc3)[C@H]2O)[C@H](O)[C@H](O)[C@H]1O. The first-order chi connectivity index (χ1) is 35.7. The van der Waals surface area contributed by atoms with Crippen LogP contribution in [0.25, 0.3) is 34.4 Å². The molecule has 0 saturated carbocycles. The summed E-state index contributed by atoms with van der Waals surface area (Å²) in [7, 11) is 0. The van der Waals surface area contributed by atoms with Crippen molar-refractivity contribution in [2.75, 3.05) is 6.61 Å². The van der Waals surface area contributed by atoms with Gasteiger partial charge in [-0.2, -0.15) is 0 Å². The van der Waals surface area contributed by atoms with Crippen LogP contribution in [0.2, 0.25) is 0 Å². The molecule has 4 heterocycles. The van der Waals surface area contributed by atoms with Gasteiger partial charge in [0, 0.05) is 29.8 Å². The summed E-state index contributed by atoms with van der Waals surface area (Å²) in [5.41, 5.74) is -0.869. The molecule has 75 heavy (non-hydrogen) atoms. The number of hydrogen-bond acceptors (Lipinski definition) is 24. The third kappa shape index (κ3) is 12.0. The quantitative estimate of drug-likeness (QED) is 0.0421. The topological polar surface area (TPSA) is 381 Å². The molecule has 3 saturated heterocycles. The molecule has 0 amide bonds. The molecule has 24 nitrogen and oxygen atoms in total. The minimum absolute atomic E-state index is 0.0183. The summed E-state index contributed by atoms with van der Waals surface area (Å²) in [6.45, 7) is 1.89. The van der Waals surface area contributed by atoms with Gasteiger partial charge in [-0.3, -0.25) is 4.79 Å². The molecule has 5 aromatic rings. The molecular formula is C51H52O24. The Balaban J connectivity index is 1.19. The molecule has 8 rings (SSSR count). The van der Waals surface area contributed by atoms with Crippen molar-refractivity contribution < 1.29 is 113 Å². The van der Waals surface area contributed by atoms with Gasteiger partial charge < -0.3 is 104 Å². The third-order valence-corrected chi connectivity index (χ3v) is 12.4. The highest BCUT2D eigenvalue weighted by Gasteiger charge is 2.55. The summed E-state index contributed by atoms with van der Waals surface area (Å²) in [6, 6.07) is 16.3. The maximum absolute atomic E-state index is 14.6. The molecule has 24 heteroatoms. The van der Waals surface area contributed by atoms with Crippen molar-refractivity contribution in [1.82, 2.24) is 0 Å². The second-order valence-electron chi connectivity index (χ2n) is 17.7. The lowest BCUT2D eigenvalue weighted by Crippen LogP contribution is -2.66. The number of carbonyl (C=O) groups excluding carboxylic acids is 2. The predicted octanol–water partition coefficient (Wildman–Crippen LogP) is 1.10. The van der Waals surface area contributed by atoms with Gasteiger partial charge in [-0.25, -0.2) is 9.59 Å². The minimum atomic E-state index is -2.20. The largest absolute Gasteiger partial charge is 0.508 e. The number of aliphatic hydroxyl groups is 6. The Hall–Kier alpha value is -7.33. The van der Waals surface area contributed by atoms with Gasteiger partial charge in [0.15, 0.2) is 48.2 Å². The summed E-state index contributed by atoms with van der Waals surface area (Å²) < 4.78 is 53.3. The Morgan fingerprint density at radius 2 is 1.15 bits per heavy atom. The number of rotatable bonds is 14. The van der Waals surface area contributed by atoms with Crippen molar-refractivity contribution in [2.45, 2.75) is 106 Å². The lowest BCUT2D eigenvalue weighted by Gasteiger charge is -2.47. The number of hydrogen-bond donors (Lipinski definition) is 12. The van der Waals surface area contributed by atoms with E-state index in [9.17, 15) is 75.7 Å². The average Bonchev–Trinajstić information content (AvgIpc) is 3.37. The highest BCUT2D eigenvalue weighted by atomic mass is 16.8. The van der Waals surface area contributed by atoms with Gasteiger partial charge >= 0.3 is 11.9 Å². The minimum Gasteiger partial charge on any atom is -0.508 e. The van der Waals surface area contributed by atoms with Gasteiger partial charge in [0.25, 0.3) is 0 Å². The monoisotopic (exact) mass is 1050 g/mol. The number of ether oxygens (including phenoxy) is 8. The van der Waals surface area contributed by atoms with Crippen molar-refractivity contribution >= 4 is 35.1 Å². The number of aliphatic hydroxyl groups excluding tert-OH is 6. The van der Waals surface area contributed by atoms with Crippen LogP contribution in [0.4, 0.5) is 0 Å². The normalized spacial score (nSPS) is 30.1. The number of phenolic OH excluding ortho intramolecular Hbond substituents is 6. The molecule has 4 aromatic carbocycles. The maximum atomic E-state index is 14.6. The van der Waals surface area contributed by atoms with E-state index < -0.39 is 162 Å². The molecule has 0 spiro atoms. The smallest absolute Gasteiger partial charge is 0.331 e. The van der Waals surface area contributed by atoms with Crippen LogP contribution in [0.15, 0.2) is 100 Å². The van der Waals surface area contributed by atoms with Crippen LogP contribution in [-0.2, 0) is 42.7 Å². The van der Waals surface area contributed by atoms with Crippen LogP contribution in [0.5, 0.6) is 40.2 Å². The van der Waals surface area contributed by atoms with E-state index in [1.54, 1.807) is 0 Å². The zero-order valence-electron chi connectivity index (χ0n) is 39.4. The Bertz CT molecular complexity index is 2960. The van der Waals surface area contributed by atoms with E-state index in [2.05, 4.69) is 0 Å². The fraction of sp³-hybridized carbons (Fsp3) is 0.353. The summed E-state index contributed by atoms with van der Waals surface area (Å²) in [4.78, 5) is 41.4. The number of esters is 2. The molecule has 15 atom stereocenters. The molecule has 0 bridgehead atoms. The van der Waals surface area contributed by atoms with E-state index in [-0.39, 0.29) is 17.1 Å². The Kier molecular flexibility index (Phi) is 16.3. The van der Waals surface area contributed by atoms with Crippen molar-refractivity contribution in [3.05, 3.63) is 112 Å². The van der Waals surface area contributed by atoms with Crippen LogP contribution in [0.3, 0.4) is 0 Å². The van der Waals surface area contributed by atoms with Crippen LogP contribution >= 0.6 is 0 Å². The Morgan fingerprint density at radius 3 is 1.76 bits per heavy atom. The second kappa shape index (κ2) is 22.6. The summed E-state index contributed by atoms with van der Waals surface area (Å²) in [5.74, 6) is -6.34. The summed E-state index contributed by atoms with van der Waals surface area (Å²) >= 11 is 0. The summed E-state index contributed by atoms with van der Waals surface area (Å²) in [5, 5.41) is 128. The number of benzene rings is 4. The standard InChI is InChI=1S/C51H52O24/c1-21-37(60)40(63)42(65)49(68-21)67-20-33-38(61)46(73-35(59)16-8-24-5-12-27(53)13-6-24)48(75-50-43(66)41(64)44(22(2)69-50)72-34(58)15-7-23-3-10-26(52)11-4-23)51(71-33)74-47-39(62)36-31(57)18-28(54)19-32(36)70-45(47)25-9-14-29(55)30(56)17-25/h3-19,21-22,33,37-38,40-44,46,48-57,60-61,63-66H,20H2,1-2H3/t21-,22-,33+,37-,38-,40+,41-,42+,43+,44-,46-,48+,49+,50-,51-/m0/s1. The molecule has 12 N–H and O–H groups in total. The third-order valence-electron chi connectivity index (χ3n) is 12.4. The first-order valence-corrected chi connectivity index (χ1v) is 23.1. The first-order valence-electron chi connectivity index (χ1n) is 23.1. The molecule has 3 fully saturated rings. The van der Waals surface area contributed by atoms with Crippen LogP contribution in [0.1, 0.15) is 25.0 Å². The van der Waals surface area contributed by atoms with Crippen LogP contribution < -0.4 is 10.2 Å². The van der Waals surface area contributed by atoms with Crippen molar-refractivity contribution in [1.29, 1.82) is 0 Å². The molecule has 0 radical (unpaired) electrons. The molecule has 3 aliphatic rings. The van der Waals surface area contributed by atoms with Crippen LogP contribution in [-0.4, -0.2) is 172 Å². The van der Waals surface area contributed by atoms with E-state index in [0.29, 0.717) is 11.1 Å². The van der Waals surface area contributed by atoms with Gasteiger partial charge in [-0.05, 0) is 79.6 Å². The van der Waals surface area contributed by atoms with Crippen molar-refractivity contribution in [2.24, 2.45) is 0 Å². The highest BCUT2D eigenvalue weighted by molar-refractivity contribution is 5.89. The van der Waals surface area contributed by atoms with Crippen molar-refractivity contribution in [3.63, 3.8) is 0 Å². The predicted molar refractivity (Wildman–Crippen MR) is 253 cm³/mol. The zero-order chi connectivity index (χ0) is 54.0. The molecule has 1 aromatic heterocycles. The van der Waals surface area contributed by atoms with Crippen LogP contribution in [0, 0.1) is 0 Å². The fourth-order valence-corrected chi connectivity index (χ4v) is 8.37. The molecular weight excluding hydrogens is 997 g/mol. The van der Waals surface area contributed by atoms with Gasteiger partial charge in [-0.15, -0.1) is 0 Å². The Morgan fingerprint density at radius 1 is 0.560 bits per heavy atom. The molecule has 0 unspecified atom stereocenters. The maximum Gasteiger partial charge on any atom is 0.331 e. The van der Waals surface area contributed by atoms with E-state index in [1.165, 1.54) is 80.6 Å². The van der Waals surface area contributed by atoms with Gasteiger partial charge in [-0.1, -0.05) is 24.3 Å². The lowest BCUT2D eigenvalue weighted by atomic mass is 9.96. The number of carbonyl (C=O) groups is 2. The zero-order valence-corrected chi connectivity index (χ0v) is 39.4. The van der Waals surface area contributed by atoms with Gasteiger partial charge in [0.2, 0.25) is 17.5 Å². The average molecular weight is 1050 g/mol. The van der Waals surface area contributed by atoms with Gasteiger partial charge in [0.1, 0.15) is 76.7 Å². The first kappa shape index (κ1) is 53.9. The van der Waals surface area contributed by atoms with E-state index >= 15 is 0 Å². The van der Waals surface area contributed by atoms with Crippen molar-refractivity contribution in [3.8, 4) is 51.6 Å². The highest BCUT2D eigenvalue weighted by Crippen LogP contribution is 2.41. The van der Waals surface area contributed by atoms with E-state index in [0.717, 1.165) is 36.4 Å². The number of aromatic hydroxyl groups is 6. The van der Waals surface area contributed by atoms with E-state index in [1.807, 2.05) is 0 Å². The Labute approximate surface area is 423 Å². The number of phenols is 6. The van der Waals surface area contributed by atoms with E-state index in [4.69, 9.17) is 42.3 Å². The number of fused-ring (bicyclic) bond motifs is 1. The second-order valence-corrected chi connectivity index (χ2v) is 17.7. The molecule has 400 valence electrons. The summed E-state index contributed by atoms with van der Waals surface area (Å²) in [6.07, 6.45) is -22.6.